The molecule has 1 unspecified atom stereocenters. The summed E-state index contributed by atoms with van der Waals surface area (Å²) in [6.45, 7) is 0. The maximum Gasteiger partial charge on any atom is 0.236 e. The molecular weight excluding hydrogens is 773 g/mol. The second-order valence-electron chi connectivity index (χ2n) is 16.6. The number of rotatable bonds is 4. The summed E-state index contributed by atoms with van der Waals surface area (Å²) in [5.74, 6) is 0.586. The predicted octanol–water partition coefficient (Wildman–Crippen LogP) is 11.3. The van der Waals surface area contributed by atoms with Gasteiger partial charge in [-0.1, -0.05) is 115 Å². The van der Waals surface area contributed by atoms with E-state index in [9.17, 15) is 0 Å². The molecule has 296 valence electrons. The number of fused-ring (bicyclic) bond motifs is 14. The first-order valence-corrected chi connectivity index (χ1v) is 21.4. The molecule has 0 bridgehead atoms. The summed E-state index contributed by atoms with van der Waals surface area (Å²) in [6.07, 6.45) is 3.64. The van der Waals surface area contributed by atoms with Gasteiger partial charge in [-0.25, -0.2) is 9.98 Å². The molecule has 0 radical (unpaired) electrons. The molecule has 0 N–H and O–H groups in total. The molecule has 0 fully saturated rings. The Labute approximate surface area is 359 Å². The molecule has 1 aliphatic heterocycles. The molecule has 63 heavy (non-hydrogen) atoms. The highest BCUT2D eigenvalue weighted by Gasteiger charge is 2.26. The van der Waals surface area contributed by atoms with Crippen LogP contribution >= 0.6 is 0 Å². The number of nitrogens with zero attached hydrogens (tertiary/aromatic N) is 8. The topological polar surface area (TPSA) is 61.1 Å². The zero-order chi connectivity index (χ0) is 41.3. The zero-order valence-corrected chi connectivity index (χ0v) is 34.1. The molecule has 1 aliphatic rings. The zero-order valence-electron chi connectivity index (χ0n) is 34.1. The minimum atomic E-state index is -0.406. The molecule has 8 aromatic carbocycles. The van der Waals surface area contributed by atoms with Gasteiger partial charge in [-0.3, -0.25) is 4.57 Å². The first kappa shape index (κ1) is 34.2. The van der Waals surface area contributed by atoms with Crippen LogP contribution in [0.3, 0.4) is 0 Å². The van der Waals surface area contributed by atoms with E-state index < -0.39 is 6.29 Å². The summed E-state index contributed by atoms with van der Waals surface area (Å²) < 4.78 is 9.38. The van der Waals surface area contributed by atoms with Crippen LogP contribution in [0, 0.1) is 0 Å². The number of hydrogen-bond acceptors (Lipinski definition) is 4. The highest BCUT2D eigenvalue weighted by atomic mass is 15.4. The Morgan fingerprint density at radius 2 is 0.952 bits per heavy atom. The summed E-state index contributed by atoms with van der Waals surface area (Å²) in [4.78, 5) is 18.1. The van der Waals surface area contributed by atoms with Gasteiger partial charge in [-0.15, -0.1) is 0 Å². The molecule has 13 aromatic rings. The minimum absolute atomic E-state index is 0.406. The third-order valence-corrected chi connectivity index (χ3v) is 13.2. The van der Waals surface area contributed by atoms with Gasteiger partial charge in [0, 0.05) is 73.9 Å². The highest BCUT2D eigenvalue weighted by molar-refractivity contribution is 6.26. The Bertz CT molecular complexity index is 4170. The summed E-state index contributed by atoms with van der Waals surface area (Å²) in [6, 6.07) is 65.2. The number of hydrogen-bond donors (Lipinski definition) is 0. The molecule has 5 aromatic heterocycles. The average Bonchev–Trinajstić information content (AvgIpc) is 4.06. The van der Waals surface area contributed by atoms with Crippen LogP contribution in [0.25, 0.3) is 111 Å². The van der Waals surface area contributed by atoms with Crippen molar-refractivity contribution in [1.29, 1.82) is 0 Å². The van der Waals surface area contributed by atoms with Crippen molar-refractivity contribution in [2.45, 2.75) is 6.29 Å². The van der Waals surface area contributed by atoms with Crippen molar-refractivity contribution >= 4 is 93.4 Å². The molecule has 14 rings (SSSR count). The molecule has 1 atom stereocenters. The van der Waals surface area contributed by atoms with E-state index in [0.29, 0.717) is 11.4 Å². The van der Waals surface area contributed by atoms with Gasteiger partial charge < -0.3 is 18.6 Å². The van der Waals surface area contributed by atoms with Gasteiger partial charge in [0.15, 0.2) is 5.49 Å². The minimum Gasteiger partial charge on any atom is -0.341 e. The van der Waals surface area contributed by atoms with E-state index in [4.69, 9.17) is 15.0 Å². The number of aromatic nitrogens is 6. The van der Waals surface area contributed by atoms with E-state index in [-0.39, 0.29) is 0 Å². The Morgan fingerprint density at radius 1 is 0.429 bits per heavy atom. The largest absolute Gasteiger partial charge is 0.341 e. The lowest BCUT2D eigenvalue weighted by Gasteiger charge is -2.28. The lowest BCUT2D eigenvalue weighted by Crippen LogP contribution is -2.41. The van der Waals surface area contributed by atoms with Crippen LogP contribution in [0.4, 0.5) is 0 Å². The quantitative estimate of drug-likeness (QED) is 0.178. The average molecular weight is 809 g/mol. The summed E-state index contributed by atoms with van der Waals surface area (Å²) in [5.41, 5.74) is 11.9. The standard InChI is InChI=1S/C55H36N8/c1-59-33-34-32-56-54(62-46-26-14-10-22-39(46)43-30-49-42(31-50(43)62)38-21-9-12-24-44(38)60(49)35-16-4-2-5-17-35)57-53(34)58-55(59)63-47-27-15-11-23-41(47)51-48(63)29-28-40-37-20-8-13-25-45(37)61(52(40)51)36-18-6-3-7-19-36/h2-33,55H,1H3. The predicted molar refractivity (Wildman–Crippen MR) is 257 cm³/mol. The summed E-state index contributed by atoms with van der Waals surface area (Å²) in [7, 11) is 2.09. The molecule has 0 aliphatic carbocycles. The molecule has 8 heteroatoms. The second kappa shape index (κ2) is 12.8. The smallest absolute Gasteiger partial charge is 0.236 e. The normalized spacial score (nSPS) is 14.2. The molecule has 0 saturated heterocycles. The maximum absolute atomic E-state index is 5.51. The Hall–Kier alpha value is -8.49. The van der Waals surface area contributed by atoms with Crippen LogP contribution in [-0.4, -0.2) is 40.2 Å². The SMILES string of the molecule is CN1C=c2cnc(-n3c4ccccc4c4cc5c(cc43)c3ccccc3n5-c3ccccc3)nc2=NC1n1c2ccccc2c2c3c(ccc21)c1ccccc1n3-c1ccccc1. The van der Waals surface area contributed by atoms with Gasteiger partial charge in [0.05, 0.1) is 49.4 Å². The van der Waals surface area contributed by atoms with Gasteiger partial charge in [-0.2, -0.15) is 4.98 Å². The first-order valence-electron chi connectivity index (χ1n) is 21.4. The van der Waals surface area contributed by atoms with Gasteiger partial charge in [0.1, 0.15) is 0 Å². The fourth-order valence-corrected chi connectivity index (χ4v) is 10.5. The lowest BCUT2D eigenvalue weighted by atomic mass is 10.1. The molecule has 0 spiro atoms. The Morgan fingerprint density at radius 3 is 1.62 bits per heavy atom. The van der Waals surface area contributed by atoms with E-state index in [1.54, 1.807) is 0 Å². The maximum atomic E-state index is 5.51. The lowest BCUT2D eigenvalue weighted by molar-refractivity contribution is 0.280. The van der Waals surface area contributed by atoms with Gasteiger partial charge in [0.2, 0.25) is 12.2 Å². The van der Waals surface area contributed by atoms with Crippen LogP contribution in [0.5, 0.6) is 0 Å². The highest BCUT2D eigenvalue weighted by Crippen LogP contribution is 2.43. The molecule has 6 heterocycles. The van der Waals surface area contributed by atoms with Gasteiger partial charge in [-0.05, 0) is 66.7 Å². The third kappa shape index (κ3) is 4.72. The van der Waals surface area contributed by atoms with Crippen molar-refractivity contribution in [1.82, 2.24) is 33.1 Å². The molecule has 0 amide bonds. The van der Waals surface area contributed by atoms with E-state index >= 15 is 0 Å². The van der Waals surface area contributed by atoms with Crippen LogP contribution in [-0.2, 0) is 0 Å². The van der Waals surface area contributed by atoms with Crippen molar-refractivity contribution in [2.75, 3.05) is 7.05 Å². The second-order valence-corrected chi connectivity index (χ2v) is 16.6. The van der Waals surface area contributed by atoms with Crippen LogP contribution < -0.4 is 10.7 Å². The van der Waals surface area contributed by atoms with Crippen LogP contribution in [0.2, 0.25) is 0 Å². The van der Waals surface area contributed by atoms with Gasteiger partial charge in [0.25, 0.3) is 0 Å². The van der Waals surface area contributed by atoms with Gasteiger partial charge >= 0.3 is 0 Å². The Kier molecular flexibility index (Phi) is 6.94. The fraction of sp³-hybridized carbons (Fsp3) is 0.0364. The first-order chi connectivity index (χ1) is 31.2. The Balaban J connectivity index is 1.01. The van der Waals surface area contributed by atoms with Crippen LogP contribution in [0.1, 0.15) is 6.29 Å². The molecular formula is C55H36N8. The van der Waals surface area contributed by atoms with E-state index in [0.717, 1.165) is 54.9 Å². The van der Waals surface area contributed by atoms with E-state index in [1.807, 2.05) is 6.20 Å². The fourth-order valence-electron chi connectivity index (χ4n) is 10.5. The van der Waals surface area contributed by atoms with Crippen molar-refractivity contribution in [2.24, 2.45) is 4.99 Å². The van der Waals surface area contributed by atoms with Crippen molar-refractivity contribution < 1.29 is 0 Å². The molecule has 8 nitrogen and oxygen atoms in total. The number of para-hydroxylation sites is 6. The summed E-state index contributed by atoms with van der Waals surface area (Å²) in [5, 5.41) is 10.4. The molecule has 0 saturated carbocycles. The number of benzene rings is 8. The van der Waals surface area contributed by atoms with Crippen molar-refractivity contribution in [3.05, 3.63) is 199 Å². The third-order valence-electron chi connectivity index (χ3n) is 13.2. The van der Waals surface area contributed by atoms with Crippen molar-refractivity contribution in [3.63, 3.8) is 0 Å². The monoisotopic (exact) mass is 808 g/mol. The summed E-state index contributed by atoms with van der Waals surface area (Å²) >= 11 is 0. The van der Waals surface area contributed by atoms with E-state index in [1.165, 1.54) is 48.9 Å². The van der Waals surface area contributed by atoms with Crippen molar-refractivity contribution in [3.8, 4) is 17.3 Å². The van der Waals surface area contributed by atoms with E-state index in [2.05, 4.69) is 218 Å². The van der Waals surface area contributed by atoms with Crippen LogP contribution in [0.15, 0.2) is 193 Å².